The van der Waals surface area contributed by atoms with Crippen molar-refractivity contribution in [2.75, 3.05) is 13.1 Å². The third kappa shape index (κ3) is 4.42. The van der Waals surface area contributed by atoms with Gasteiger partial charge < -0.3 is 10.2 Å². The van der Waals surface area contributed by atoms with Gasteiger partial charge in [0.25, 0.3) is 0 Å². The van der Waals surface area contributed by atoms with Crippen LogP contribution < -0.4 is 5.32 Å². The van der Waals surface area contributed by atoms with Gasteiger partial charge in [0.1, 0.15) is 0 Å². The molecule has 1 aliphatic rings. The van der Waals surface area contributed by atoms with Gasteiger partial charge in [0.15, 0.2) is 0 Å². The van der Waals surface area contributed by atoms with Crippen LogP contribution in [0.15, 0.2) is 30.3 Å². The third-order valence-electron chi connectivity index (χ3n) is 4.87. The Hall–Kier alpha value is -2.27. The maximum Gasteiger partial charge on any atom is 0.224 e. The summed E-state index contributed by atoms with van der Waals surface area (Å²) in [6.45, 7) is 8.15. The van der Waals surface area contributed by atoms with Gasteiger partial charge in [-0.15, -0.1) is 0 Å². The van der Waals surface area contributed by atoms with Gasteiger partial charge in [0.05, 0.1) is 22.8 Å². The van der Waals surface area contributed by atoms with Crippen molar-refractivity contribution in [3.05, 3.63) is 58.7 Å². The van der Waals surface area contributed by atoms with Crippen LogP contribution >= 0.6 is 0 Å². The van der Waals surface area contributed by atoms with E-state index in [-0.39, 0.29) is 11.9 Å². The molecule has 1 aliphatic heterocycles. The molecule has 1 atom stereocenters. The topological polar surface area (TPSA) is 58.1 Å². The molecular weight excluding hydrogens is 312 g/mol. The highest BCUT2D eigenvalue weighted by Crippen LogP contribution is 2.14. The summed E-state index contributed by atoms with van der Waals surface area (Å²) < 4.78 is 0. The molecule has 2 aromatic rings. The summed E-state index contributed by atoms with van der Waals surface area (Å²) in [5, 5.41) is 3.48. The number of rotatable bonds is 6. The number of amides is 1. The first kappa shape index (κ1) is 17.5. The molecule has 0 saturated carbocycles. The van der Waals surface area contributed by atoms with Crippen LogP contribution in [-0.2, 0) is 17.8 Å². The number of carbonyl (C=O) groups excluding carboxylic acids is 1. The van der Waals surface area contributed by atoms with Gasteiger partial charge in [-0.25, -0.2) is 0 Å². The lowest BCUT2D eigenvalue weighted by Gasteiger charge is -2.17. The van der Waals surface area contributed by atoms with Crippen LogP contribution in [0.3, 0.4) is 0 Å². The van der Waals surface area contributed by atoms with E-state index in [0.29, 0.717) is 13.0 Å². The van der Waals surface area contributed by atoms with Gasteiger partial charge in [0, 0.05) is 32.1 Å². The summed E-state index contributed by atoms with van der Waals surface area (Å²) in [6, 6.07) is 10.5. The third-order valence-corrected chi connectivity index (χ3v) is 4.87. The summed E-state index contributed by atoms with van der Waals surface area (Å²) in [6.07, 6.45) is 1.47. The molecule has 3 rings (SSSR count). The molecule has 0 spiro atoms. The lowest BCUT2D eigenvalue weighted by Crippen LogP contribution is -2.33. The predicted molar refractivity (Wildman–Crippen MR) is 98.2 cm³/mol. The SMILES string of the molecule is Cc1nc(C)c(CN[C@@H]2CC(=O)N(CCc3ccccc3)C2)nc1C. The van der Waals surface area contributed by atoms with Crippen LogP contribution in [0.4, 0.5) is 0 Å². The zero-order valence-corrected chi connectivity index (χ0v) is 15.2. The molecule has 1 N–H and O–H groups in total. The molecule has 0 unspecified atom stereocenters. The molecule has 0 bridgehead atoms. The Labute approximate surface area is 149 Å². The summed E-state index contributed by atoms with van der Waals surface area (Å²) in [4.78, 5) is 23.4. The minimum Gasteiger partial charge on any atom is -0.341 e. The van der Waals surface area contributed by atoms with E-state index >= 15 is 0 Å². The van der Waals surface area contributed by atoms with Crippen LogP contribution in [0.1, 0.15) is 34.8 Å². The van der Waals surface area contributed by atoms with Crippen molar-refractivity contribution in [3.63, 3.8) is 0 Å². The minimum atomic E-state index is 0.186. The molecule has 1 saturated heterocycles. The number of hydrogen-bond acceptors (Lipinski definition) is 4. The van der Waals surface area contributed by atoms with Crippen molar-refractivity contribution in [3.8, 4) is 0 Å². The fraction of sp³-hybridized carbons (Fsp3) is 0.450. The molecule has 1 amide bonds. The minimum absolute atomic E-state index is 0.186. The van der Waals surface area contributed by atoms with E-state index in [0.717, 1.165) is 42.3 Å². The maximum absolute atomic E-state index is 12.2. The Balaban J connectivity index is 1.52. The molecule has 0 aliphatic carbocycles. The van der Waals surface area contributed by atoms with Crippen molar-refractivity contribution in [1.82, 2.24) is 20.2 Å². The molecule has 1 aromatic heterocycles. The number of aryl methyl sites for hydroxylation is 3. The molecule has 5 heteroatoms. The van der Waals surface area contributed by atoms with Crippen LogP contribution in [0, 0.1) is 20.8 Å². The molecule has 1 aromatic carbocycles. The molecule has 2 heterocycles. The van der Waals surface area contributed by atoms with Crippen LogP contribution in [0.5, 0.6) is 0 Å². The number of hydrogen-bond donors (Lipinski definition) is 1. The first-order chi connectivity index (χ1) is 12.0. The van der Waals surface area contributed by atoms with E-state index < -0.39 is 0 Å². The second kappa shape index (κ2) is 7.74. The predicted octanol–water partition coefficient (Wildman–Crippen LogP) is 2.34. The number of nitrogens with one attached hydrogen (secondary N) is 1. The monoisotopic (exact) mass is 338 g/mol. The Bertz CT molecular complexity index is 745. The molecular formula is C20H26N4O. The fourth-order valence-corrected chi connectivity index (χ4v) is 3.20. The first-order valence-electron chi connectivity index (χ1n) is 8.88. The van der Waals surface area contributed by atoms with E-state index in [2.05, 4.69) is 27.4 Å². The molecule has 25 heavy (non-hydrogen) atoms. The Morgan fingerprint density at radius 2 is 1.80 bits per heavy atom. The van der Waals surface area contributed by atoms with E-state index in [1.807, 2.05) is 43.9 Å². The summed E-state index contributed by atoms with van der Waals surface area (Å²) in [5.41, 5.74) is 5.14. The van der Waals surface area contributed by atoms with Gasteiger partial charge in [-0.1, -0.05) is 30.3 Å². The van der Waals surface area contributed by atoms with Gasteiger partial charge in [-0.3, -0.25) is 14.8 Å². The van der Waals surface area contributed by atoms with Crippen LogP contribution in [-0.4, -0.2) is 39.9 Å². The summed E-state index contributed by atoms with van der Waals surface area (Å²) in [5.74, 6) is 0.233. The fourth-order valence-electron chi connectivity index (χ4n) is 3.20. The highest BCUT2D eigenvalue weighted by molar-refractivity contribution is 5.79. The zero-order chi connectivity index (χ0) is 17.8. The smallest absolute Gasteiger partial charge is 0.224 e. The second-order valence-corrected chi connectivity index (χ2v) is 6.78. The van der Waals surface area contributed by atoms with E-state index in [1.165, 1.54) is 5.56 Å². The van der Waals surface area contributed by atoms with Crippen molar-refractivity contribution in [2.45, 2.75) is 46.2 Å². The molecule has 5 nitrogen and oxygen atoms in total. The Morgan fingerprint density at radius 1 is 1.08 bits per heavy atom. The normalized spacial score (nSPS) is 17.3. The van der Waals surface area contributed by atoms with Crippen LogP contribution in [0.2, 0.25) is 0 Å². The van der Waals surface area contributed by atoms with Crippen molar-refractivity contribution >= 4 is 5.91 Å². The van der Waals surface area contributed by atoms with Crippen molar-refractivity contribution < 1.29 is 4.79 Å². The average molecular weight is 338 g/mol. The lowest BCUT2D eigenvalue weighted by atomic mass is 10.1. The van der Waals surface area contributed by atoms with Gasteiger partial charge in [-0.05, 0) is 32.8 Å². The van der Waals surface area contributed by atoms with Gasteiger partial charge in [-0.2, -0.15) is 0 Å². The van der Waals surface area contributed by atoms with Crippen molar-refractivity contribution in [1.29, 1.82) is 0 Å². The quantitative estimate of drug-likeness (QED) is 0.878. The van der Waals surface area contributed by atoms with E-state index in [9.17, 15) is 4.79 Å². The number of aromatic nitrogens is 2. The Morgan fingerprint density at radius 3 is 2.56 bits per heavy atom. The second-order valence-electron chi connectivity index (χ2n) is 6.78. The van der Waals surface area contributed by atoms with Gasteiger partial charge >= 0.3 is 0 Å². The molecule has 0 radical (unpaired) electrons. The number of benzene rings is 1. The molecule has 132 valence electrons. The Kier molecular flexibility index (Phi) is 5.43. The standard InChI is InChI=1S/C20H26N4O/c1-14-15(2)23-19(16(3)22-14)12-21-18-11-20(25)24(13-18)10-9-17-7-5-4-6-8-17/h4-8,18,21H,9-13H2,1-3H3/t18-/m1/s1. The summed E-state index contributed by atoms with van der Waals surface area (Å²) >= 11 is 0. The highest BCUT2D eigenvalue weighted by atomic mass is 16.2. The molecule has 1 fully saturated rings. The maximum atomic E-state index is 12.2. The first-order valence-corrected chi connectivity index (χ1v) is 8.88. The zero-order valence-electron chi connectivity index (χ0n) is 15.2. The van der Waals surface area contributed by atoms with E-state index in [4.69, 9.17) is 0 Å². The average Bonchev–Trinajstić information content (AvgIpc) is 2.96. The highest BCUT2D eigenvalue weighted by Gasteiger charge is 2.28. The van der Waals surface area contributed by atoms with E-state index in [1.54, 1.807) is 0 Å². The summed E-state index contributed by atoms with van der Waals surface area (Å²) in [7, 11) is 0. The van der Waals surface area contributed by atoms with Crippen molar-refractivity contribution in [2.24, 2.45) is 0 Å². The largest absolute Gasteiger partial charge is 0.341 e. The number of nitrogens with zero attached hydrogens (tertiary/aromatic N) is 3. The van der Waals surface area contributed by atoms with Crippen LogP contribution in [0.25, 0.3) is 0 Å². The number of likely N-dealkylation sites (tertiary alicyclic amines) is 1. The number of carbonyl (C=O) groups is 1. The lowest BCUT2D eigenvalue weighted by molar-refractivity contribution is -0.127. The van der Waals surface area contributed by atoms with Gasteiger partial charge in [0.2, 0.25) is 5.91 Å².